The molecule has 0 aliphatic heterocycles. The molecule has 102 valence electrons. The van der Waals surface area contributed by atoms with Crippen LogP contribution in [0.3, 0.4) is 0 Å². The lowest BCUT2D eigenvalue weighted by molar-refractivity contribution is 0.590. The number of aromatic nitrogens is 2. The molecule has 3 aromatic rings. The van der Waals surface area contributed by atoms with Gasteiger partial charge < -0.3 is 5.32 Å². The summed E-state index contributed by atoms with van der Waals surface area (Å²) in [5, 5.41) is 6.08. The van der Waals surface area contributed by atoms with Crippen LogP contribution in [0, 0.1) is 0 Å². The fraction of sp³-hybridized carbons (Fsp3) is 0.250. The van der Waals surface area contributed by atoms with Crippen LogP contribution in [0.5, 0.6) is 0 Å². The highest BCUT2D eigenvalue weighted by molar-refractivity contribution is 6.99. The first-order valence-electron chi connectivity index (χ1n) is 6.88. The maximum absolute atomic E-state index is 4.39. The Bertz CT molecular complexity index is 679. The zero-order chi connectivity index (χ0) is 13.8. The Morgan fingerprint density at radius 1 is 1.15 bits per heavy atom. The van der Waals surface area contributed by atoms with Crippen molar-refractivity contribution in [2.24, 2.45) is 0 Å². The number of fused-ring (bicyclic) bond motifs is 1. The molecule has 4 heteroatoms. The Labute approximate surface area is 123 Å². The normalized spacial score (nSPS) is 12.7. The first-order chi connectivity index (χ1) is 9.88. The van der Waals surface area contributed by atoms with Crippen LogP contribution in [0.1, 0.15) is 30.6 Å². The molecular formula is C16H17N3S. The molecule has 0 spiro atoms. The van der Waals surface area contributed by atoms with Crippen molar-refractivity contribution in [2.45, 2.75) is 19.4 Å². The first-order valence-corrected chi connectivity index (χ1v) is 7.61. The first kappa shape index (κ1) is 13.2. The van der Waals surface area contributed by atoms with E-state index in [9.17, 15) is 0 Å². The second-order valence-corrected chi connectivity index (χ2v) is 5.38. The number of nitrogens with zero attached hydrogens (tertiary/aromatic N) is 2. The van der Waals surface area contributed by atoms with Crippen molar-refractivity contribution in [1.29, 1.82) is 0 Å². The van der Waals surface area contributed by atoms with Crippen LogP contribution in [-0.2, 0) is 0 Å². The van der Waals surface area contributed by atoms with Gasteiger partial charge in [-0.3, -0.25) is 0 Å². The minimum absolute atomic E-state index is 0.123. The van der Waals surface area contributed by atoms with Crippen molar-refractivity contribution in [3.05, 3.63) is 59.9 Å². The second-order valence-electron chi connectivity index (χ2n) is 4.83. The molecule has 1 aromatic heterocycles. The summed E-state index contributed by atoms with van der Waals surface area (Å²) < 4.78 is 8.52. The summed E-state index contributed by atoms with van der Waals surface area (Å²) >= 11 is 1.26. The molecule has 1 N–H and O–H groups in total. The van der Waals surface area contributed by atoms with Gasteiger partial charge in [0.15, 0.2) is 0 Å². The van der Waals surface area contributed by atoms with Gasteiger partial charge in [0.25, 0.3) is 0 Å². The SMILES string of the molecule is CCCNC(c1ccc2ccccc2c1)c1cnsn1. The van der Waals surface area contributed by atoms with E-state index in [2.05, 4.69) is 63.5 Å². The van der Waals surface area contributed by atoms with Crippen LogP contribution in [0.15, 0.2) is 48.7 Å². The third-order valence-electron chi connectivity index (χ3n) is 3.38. The summed E-state index contributed by atoms with van der Waals surface area (Å²) in [6, 6.07) is 15.1. The summed E-state index contributed by atoms with van der Waals surface area (Å²) in [5.41, 5.74) is 2.24. The van der Waals surface area contributed by atoms with Gasteiger partial charge in [-0.2, -0.15) is 8.75 Å². The predicted molar refractivity (Wildman–Crippen MR) is 84.0 cm³/mol. The lowest BCUT2D eigenvalue weighted by atomic mass is 10.00. The van der Waals surface area contributed by atoms with Gasteiger partial charge in [-0.15, -0.1) is 0 Å². The zero-order valence-corrected chi connectivity index (χ0v) is 12.2. The van der Waals surface area contributed by atoms with Gasteiger partial charge in [0.2, 0.25) is 0 Å². The monoisotopic (exact) mass is 283 g/mol. The van der Waals surface area contributed by atoms with E-state index in [0.717, 1.165) is 18.7 Å². The fourth-order valence-corrected chi connectivity index (χ4v) is 2.82. The molecule has 20 heavy (non-hydrogen) atoms. The van der Waals surface area contributed by atoms with E-state index in [4.69, 9.17) is 0 Å². The number of rotatable bonds is 5. The van der Waals surface area contributed by atoms with Crippen LogP contribution in [0.2, 0.25) is 0 Å². The van der Waals surface area contributed by atoms with E-state index in [-0.39, 0.29) is 6.04 Å². The van der Waals surface area contributed by atoms with Crippen molar-refractivity contribution < 1.29 is 0 Å². The fourth-order valence-electron chi connectivity index (χ4n) is 2.37. The van der Waals surface area contributed by atoms with Crippen LogP contribution in [0.25, 0.3) is 10.8 Å². The molecular weight excluding hydrogens is 266 g/mol. The molecule has 1 unspecified atom stereocenters. The third kappa shape index (κ3) is 2.71. The number of benzene rings is 2. The Morgan fingerprint density at radius 2 is 2.00 bits per heavy atom. The van der Waals surface area contributed by atoms with Gasteiger partial charge in [-0.25, -0.2) is 0 Å². The highest BCUT2D eigenvalue weighted by Crippen LogP contribution is 2.24. The lowest BCUT2D eigenvalue weighted by Crippen LogP contribution is -2.23. The van der Waals surface area contributed by atoms with E-state index in [1.807, 2.05) is 6.20 Å². The summed E-state index contributed by atoms with van der Waals surface area (Å²) in [7, 11) is 0. The maximum Gasteiger partial charge on any atom is 0.0957 e. The van der Waals surface area contributed by atoms with Crippen LogP contribution >= 0.6 is 11.7 Å². The second kappa shape index (κ2) is 6.11. The summed E-state index contributed by atoms with van der Waals surface area (Å²) in [4.78, 5) is 0. The van der Waals surface area contributed by atoms with Crippen molar-refractivity contribution in [1.82, 2.24) is 14.1 Å². The molecule has 2 aromatic carbocycles. The minimum atomic E-state index is 0.123. The standard InChI is InChI=1S/C16H17N3S/c1-2-9-17-16(15-11-18-20-19-15)14-8-7-12-5-3-4-6-13(12)10-14/h3-8,10-11,16-17H,2,9H2,1H3. The summed E-state index contributed by atoms with van der Waals surface area (Å²) in [6.45, 7) is 3.14. The molecule has 0 bridgehead atoms. The van der Waals surface area contributed by atoms with Gasteiger partial charge in [0, 0.05) is 0 Å². The molecule has 0 fully saturated rings. The van der Waals surface area contributed by atoms with Crippen molar-refractivity contribution in [3.63, 3.8) is 0 Å². The summed E-state index contributed by atoms with van der Waals surface area (Å²) in [5.74, 6) is 0. The molecule has 0 amide bonds. The van der Waals surface area contributed by atoms with Gasteiger partial charge in [-0.05, 0) is 35.4 Å². The zero-order valence-electron chi connectivity index (χ0n) is 11.4. The number of hydrogen-bond acceptors (Lipinski definition) is 4. The van der Waals surface area contributed by atoms with E-state index < -0.39 is 0 Å². The number of hydrogen-bond donors (Lipinski definition) is 1. The molecule has 1 atom stereocenters. The average Bonchev–Trinajstić information content (AvgIpc) is 3.02. The van der Waals surface area contributed by atoms with Crippen molar-refractivity contribution in [3.8, 4) is 0 Å². The van der Waals surface area contributed by atoms with Crippen LogP contribution < -0.4 is 5.32 Å². The van der Waals surface area contributed by atoms with E-state index in [1.165, 1.54) is 28.1 Å². The van der Waals surface area contributed by atoms with Crippen molar-refractivity contribution in [2.75, 3.05) is 6.54 Å². The largest absolute Gasteiger partial charge is 0.305 e. The molecule has 3 rings (SSSR count). The molecule has 0 aliphatic carbocycles. The summed E-state index contributed by atoms with van der Waals surface area (Å²) in [6.07, 6.45) is 2.95. The molecule has 0 saturated carbocycles. The Kier molecular flexibility index (Phi) is 4.04. The van der Waals surface area contributed by atoms with E-state index in [1.54, 1.807) is 0 Å². The van der Waals surface area contributed by atoms with E-state index in [0.29, 0.717) is 0 Å². The third-order valence-corrected chi connectivity index (χ3v) is 3.87. The molecule has 0 radical (unpaired) electrons. The Hall–Kier alpha value is -1.78. The average molecular weight is 283 g/mol. The molecule has 0 aliphatic rings. The van der Waals surface area contributed by atoms with Crippen LogP contribution in [-0.4, -0.2) is 15.3 Å². The van der Waals surface area contributed by atoms with Gasteiger partial charge in [0.1, 0.15) is 0 Å². The predicted octanol–water partition coefficient (Wildman–Crippen LogP) is 3.78. The molecule has 0 saturated heterocycles. The Balaban J connectivity index is 1.99. The minimum Gasteiger partial charge on any atom is -0.305 e. The smallest absolute Gasteiger partial charge is 0.0957 e. The molecule has 3 nitrogen and oxygen atoms in total. The highest BCUT2D eigenvalue weighted by Gasteiger charge is 2.16. The highest BCUT2D eigenvalue weighted by atomic mass is 32.1. The maximum atomic E-state index is 4.39. The number of nitrogens with one attached hydrogen (secondary N) is 1. The quantitative estimate of drug-likeness (QED) is 0.774. The van der Waals surface area contributed by atoms with Gasteiger partial charge in [-0.1, -0.05) is 43.3 Å². The topological polar surface area (TPSA) is 37.8 Å². The van der Waals surface area contributed by atoms with Gasteiger partial charge in [0.05, 0.1) is 29.7 Å². The van der Waals surface area contributed by atoms with Gasteiger partial charge >= 0.3 is 0 Å². The Morgan fingerprint density at radius 3 is 2.75 bits per heavy atom. The lowest BCUT2D eigenvalue weighted by Gasteiger charge is -2.17. The molecule has 1 heterocycles. The van der Waals surface area contributed by atoms with E-state index >= 15 is 0 Å². The van der Waals surface area contributed by atoms with Crippen molar-refractivity contribution >= 4 is 22.5 Å². The van der Waals surface area contributed by atoms with Crippen LogP contribution in [0.4, 0.5) is 0 Å².